The number of rotatable bonds is 41. The number of hydrogen-bond acceptors (Lipinski definition) is 9. The van der Waals surface area contributed by atoms with Crippen LogP contribution in [0.2, 0.25) is 0 Å². The predicted octanol–water partition coefficient (Wildman–Crippen LogP) is 10.5. The minimum absolute atomic E-state index is 0.138. The highest BCUT2D eigenvalue weighted by atomic mass is 31.2. The molecular formula is C41H78NO11P. The Bertz CT molecular complexity index is 981. The van der Waals surface area contributed by atoms with E-state index in [2.05, 4.69) is 19.2 Å². The number of carbonyl (C=O) groups excluding carboxylic acids is 3. The van der Waals surface area contributed by atoms with Crippen LogP contribution in [-0.2, 0) is 42.3 Å². The van der Waals surface area contributed by atoms with Crippen LogP contribution in [0.5, 0.6) is 0 Å². The molecule has 318 valence electrons. The van der Waals surface area contributed by atoms with Crippen LogP contribution in [-0.4, -0.2) is 66.3 Å². The number of carboxylic acids is 1. The van der Waals surface area contributed by atoms with Gasteiger partial charge in [0.2, 0.25) is 5.91 Å². The maximum Gasteiger partial charge on any atom is 0.472 e. The largest absolute Gasteiger partial charge is 0.481 e. The van der Waals surface area contributed by atoms with E-state index in [1.54, 1.807) is 0 Å². The molecule has 0 fully saturated rings. The Morgan fingerprint density at radius 2 is 0.944 bits per heavy atom. The molecule has 13 heteroatoms. The minimum atomic E-state index is -4.60. The number of phosphoric ester groups is 1. The SMILES string of the molecule is CCCCCCCCCCCCCCCC(=O)OC[C@@H](COP(=O)(O)OCCNC(=O)CCC(=O)O)OC(=O)CCCCCCCCCCCCCCC. The summed E-state index contributed by atoms with van der Waals surface area (Å²) >= 11 is 0. The molecule has 0 saturated carbocycles. The molecule has 1 amide bonds. The lowest BCUT2D eigenvalue weighted by Crippen LogP contribution is -2.30. The summed E-state index contributed by atoms with van der Waals surface area (Å²) in [6, 6.07) is 0. The lowest BCUT2D eigenvalue weighted by atomic mass is 10.0. The summed E-state index contributed by atoms with van der Waals surface area (Å²) < 4.78 is 33.2. The van der Waals surface area contributed by atoms with Crippen LogP contribution in [0.3, 0.4) is 0 Å². The van der Waals surface area contributed by atoms with Crippen LogP contribution < -0.4 is 5.32 Å². The van der Waals surface area contributed by atoms with E-state index in [-0.39, 0.29) is 45.4 Å². The molecule has 3 N–H and O–H groups in total. The molecule has 0 saturated heterocycles. The highest BCUT2D eigenvalue weighted by molar-refractivity contribution is 7.47. The zero-order valence-electron chi connectivity index (χ0n) is 34.1. The number of carbonyl (C=O) groups is 4. The highest BCUT2D eigenvalue weighted by Gasteiger charge is 2.26. The van der Waals surface area contributed by atoms with Gasteiger partial charge in [0, 0.05) is 25.8 Å². The van der Waals surface area contributed by atoms with E-state index in [4.69, 9.17) is 23.6 Å². The molecule has 0 rings (SSSR count). The summed E-state index contributed by atoms with van der Waals surface area (Å²) in [5, 5.41) is 11.0. The van der Waals surface area contributed by atoms with Gasteiger partial charge in [-0.05, 0) is 12.8 Å². The third-order valence-corrected chi connectivity index (χ3v) is 10.3. The molecule has 54 heavy (non-hydrogen) atoms. The van der Waals surface area contributed by atoms with Gasteiger partial charge in [0.25, 0.3) is 0 Å². The zero-order chi connectivity index (χ0) is 40.0. The predicted molar refractivity (Wildman–Crippen MR) is 213 cm³/mol. The van der Waals surface area contributed by atoms with Gasteiger partial charge in [0.1, 0.15) is 6.61 Å². The average molecular weight is 792 g/mol. The molecule has 0 aliphatic heterocycles. The summed E-state index contributed by atoms with van der Waals surface area (Å²) in [7, 11) is -4.60. The monoisotopic (exact) mass is 792 g/mol. The number of phosphoric acid groups is 1. The van der Waals surface area contributed by atoms with Gasteiger partial charge in [-0.1, -0.05) is 168 Å². The van der Waals surface area contributed by atoms with Crippen molar-refractivity contribution < 1.29 is 52.3 Å². The number of hydrogen-bond donors (Lipinski definition) is 3. The van der Waals surface area contributed by atoms with Crippen molar-refractivity contribution in [2.24, 2.45) is 0 Å². The van der Waals surface area contributed by atoms with Gasteiger partial charge < -0.3 is 24.8 Å². The molecule has 0 aromatic carbocycles. The van der Waals surface area contributed by atoms with Crippen molar-refractivity contribution in [1.82, 2.24) is 5.32 Å². The second-order valence-electron chi connectivity index (χ2n) is 14.6. The van der Waals surface area contributed by atoms with Crippen molar-refractivity contribution in [3.05, 3.63) is 0 Å². The first kappa shape index (κ1) is 52.0. The fourth-order valence-corrected chi connectivity index (χ4v) is 6.82. The first-order chi connectivity index (χ1) is 26.1. The fourth-order valence-electron chi connectivity index (χ4n) is 6.07. The van der Waals surface area contributed by atoms with Crippen molar-refractivity contribution >= 4 is 31.6 Å². The number of ether oxygens (including phenoxy) is 2. The first-order valence-electron chi connectivity index (χ1n) is 21.5. The summed E-state index contributed by atoms with van der Waals surface area (Å²) in [6.07, 6.45) is 29.7. The standard InChI is InChI=1S/C41H78NO11P/c1-3-5-7-9-11-13-15-17-19-21-23-25-27-29-40(46)50-35-37(36-52-54(48,49)51-34-33-42-38(43)31-32-39(44)45)53-41(47)30-28-26-24-22-20-18-16-14-12-10-8-6-4-2/h37H,3-36H2,1-2H3,(H,42,43)(H,44,45)(H,48,49)/t37-/m0/s1. The van der Waals surface area contributed by atoms with E-state index in [1.807, 2.05) is 0 Å². The second-order valence-corrected chi connectivity index (χ2v) is 16.1. The molecular weight excluding hydrogens is 713 g/mol. The third kappa shape index (κ3) is 38.3. The van der Waals surface area contributed by atoms with Crippen LogP contribution in [0.1, 0.15) is 206 Å². The van der Waals surface area contributed by atoms with E-state index < -0.39 is 44.3 Å². The van der Waals surface area contributed by atoms with E-state index in [0.29, 0.717) is 12.8 Å². The number of nitrogens with one attached hydrogen (secondary N) is 1. The molecule has 1 unspecified atom stereocenters. The van der Waals surface area contributed by atoms with E-state index >= 15 is 0 Å². The number of aliphatic carboxylic acids is 1. The topological polar surface area (TPSA) is 175 Å². The third-order valence-electron chi connectivity index (χ3n) is 9.37. The zero-order valence-corrected chi connectivity index (χ0v) is 35.0. The maximum atomic E-state index is 12.6. The van der Waals surface area contributed by atoms with Gasteiger partial charge in [0.05, 0.1) is 19.6 Å². The number of unbranched alkanes of at least 4 members (excludes halogenated alkanes) is 24. The van der Waals surface area contributed by atoms with Crippen LogP contribution in [0.15, 0.2) is 0 Å². The molecule has 0 aliphatic carbocycles. The highest BCUT2D eigenvalue weighted by Crippen LogP contribution is 2.43. The number of carboxylic acid groups (broad SMARTS) is 1. The smallest absolute Gasteiger partial charge is 0.472 e. The van der Waals surface area contributed by atoms with E-state index in [0.717, 1.165) is 38.5 Å². The molecule has 0 aromatic rings. The molecule has 0 heterocycles. The Hall–Kier alpha value is -2.01. The molecule has 0 bridgehead atoms. The second kappa shape index (κ2) is 37.9. The molecule has 0 spiro atoms. The van der Waals surface area contributed by atoms with E-state index in [9.17, 15) is 28.6 Å². The van der Waals surface area contributed by atoms with Crippen molar-refractivity contribution in [1.29, 1.82) is 0 Å². The average Bonchev–Trinajstić information content (AvgIpc) is 3.14. The Morgan fingerprint density at radius 1 is 0.537 bits per heavy atom. The Labute approximate surface area is 327 Å². The van der Waals surface area contributed by atoms with Gasteiger partial charge in [-0.15, -0.1) is 0 Å². The fraction of sp³-hybridized carbons (Fsp3) is 0.902. The quantitative estimate of drug-likeness (QED) is 0.0305. The van der Waals surface area contributed by atoms with Crippen LogP contribution >= 0.6 is 7.82 Å². The van der Waals surface area contributed by atoms with Crippen LogP contribution in [0.4, 0.5) is 0 Å². The normalized spacial score (nSPS) is 12.9. The number of amides is 1. The van der Waals surface area contributed by atoms with Crippen LogP contribution in [0, 0.1) is 0 Å². The van der Waals surface area contributed by atoms with Gasteiger partial charge >= 0.3 is 25.7 Å². The summed E-state index contributed by atoms with van der Waals surface area (Å²) in [4.78, 5) is 57.4. The minimum Gasteiger partial charge on any atom is -0.481 e. The van der Waals surface area contributed by atoms with Gasteiger partial charge in [-0.25, -0.2) is 4.57 Å². The Kier molecular flexibility index (Phi) is 36.5. The van der Waals surface area contributed by atoms with Crippen LogP contribution in [0.25, 0.3) is 0 Å². The van der Waals surface area contributed by atoms with Gasteiger partial charge in [0.15, 0.2) is 6.10 Å². The molecule has 12 nitrogen and oxygen atoms in total. The maximum absolute atomic E-state index is 12.6. The lowest BCUT2D eigenvalue weighted by molar-refractivity contribution is -0.161. The molecule has 0 radical (unpaired) electrons. The summed E-state index contributed by atoms with van der Waals surface area (Å²) in [6.45, 7) is 3.11. The lowest BCUT2D eigenvalue weighted by Gasteiger charge is -2.20. The molecule has 0 aliphatic rings. The first-order valence-corrected chi connectivity index (χ1v) is 23.0. The Morgan fingerprint density at radius 3 is 1.37 bits per heavy atom. The molecule has 0 aromatic heterocycles. The van der Waals surface area contributed by atoms with E-state index in [1.165, 1.54) is 116 Å². The van der Waals surface area contributed by atoms with Crippen molar-refractivity contribution in [2.45, 2.75) is 213 Å². The van der Waals surface area contributed by atoms with Gasteiger partial charge in [-0.2, -0.15) is 0 Å². The van der Waals surface area contributed by atoms with Gasteiger partial charge in [-0.3, -0.25) is 28.2 Å². The van der Waals surface area contributed by atoms with Crippen molar-refractivity contribution in [2.75, 3.05) is 26.4 Å². The van der Waals surface area contributed by atoms with Crippen molar-refractivity contribution in [3.63, 3.8) is 0 Å². The summed E-state index contributed by atoms with van der Waals surface area (Å²) in [5.74, 6) is -2.58. The number of esters is 2. The molecule has 2 atom stereocenters. The Balaban J connectivity index is 4.49. The summed E-state index contributed by atoms with van der Waals surface area (Å²) in [5.41, 5.74) is 0. The van der Waals surface area contributed by atoms with Crippen molar-refractivity contribution in [3.8, 4) is 0 Å².